The van der Waals surface area contributed by atoms with E-state index in [-0.39, 0.29) is 5.57 Å². The number of benzene rings is 2. The number of amides is 1. The number of carbonyl (C=O) groups is 1. The van der Waals surface area contributed by atoms with Crippen LogP contribution in [0.2, 0.25) is 0 Å². The Kier molecular flexibility index (Phi) is 5.12. The van der Waals surface area contributed by atoms with Crippen LogP contribution in [0.3, 0.4) is 0 Å². The normalized spacial score (nSPS) is 10.3. The molecule has 0 saturated heterocycles. The highest BCUT2D eigenvalue weighted by Crippen LogP contribution is 2.18. The lowest BCUT2D eigenvalue weighted by molar-refractivity contribution is -0.112. The van der Waals surface area contributed by atoms with Crippen LogP contribution in [0.4, 0.5) is 5.69 Å². The van der Waals surface area contributed by atoms with E-state index in [2.05, 4.69) is 5.32 Å². The fourth-order valence-electron chi connectivity index (χ4n) is 1.87. The van der Waals surface area contributed by atoms with Crippen molar-refractivity contribution in [2.24, 2.45) is 0 Å². The number of nitrogens with zero attached hydrogens (tertiary/aromatic N) is 2. The van der Waals surface area contributed by atoms with Crippen molar-refractivity contribution in [1.82, 2.24) is 0 Å². The Labute approximate surface area is 134 Å². The third-order valence-corrected chi connectivity index (χ3v) is 3.04. The lowest BCUT2D eigenvalue weighted by atomic mass is 10.1. The summed E-state index contributed by atoms with van der Waals surface area (Å²) in [5.74, 6) is 0.0995. The van der Waals surface area contributed by atoms with E-state index in [0.717, 1.165) is 0 Å². The molecule has 2 rings (SSSR count). The molecule has 0 aliphatic rings. The molecule has 2 aromatic carbocycles. The minimum Gasteiger partial charge on any atom is -0.497 e. The number of anilines is 1. The van der Waals surface area contributed by atoms with Crippen LogP contribution in [0.5, 0.6) is 5.75 Å². The molecule has 5 heteroatoms. The van der Waals surface area contributed by atoms with Crippen molar-refractivity contribution in [3.8, 4) is 17.9 Å². The lowest BCUT2D eigenvalue weighted by Crippen LogP contribution is -2.13. The molecule has 0 unspecified atom stereocenters. The lowest BCUT2D eigenvalue weighted by Gasteiger charge is -2.06. The molecule has 0 saturated carbocycles. The van der Waals surface area contributed by atoms with E-state index in [0.29, 0.717) is 22.6 Å². The number of nitrogens with one attached hydrogen (secondary N) is 1. The monoisotopic (exact) mass is 303 g/mol. The SMILES string of the molecule is COc1cccc(NC(=O)C(C#N)=Cc2ccc(C#N)cc2)c1. The highest BCUT2D eigenvalue weighted by Gasteiger charge is 2.10. The minimum atomic E-state index is -0.509. The van der Waals surface area contributed by atoms with Gasteiger partial charge in [-0.2, -0.15) is 10.5 Å². The second-order valence-electron chi connectivity index (χ2n) is 4.59. The maximum atomic E-state index is 12.2. The summed E-state index contributed by atoms with van der Waals surface area (Å²) in [7, 11) is 1.53. The van der Waals surface area contributed by atoms with Crippen LogP contribution >= 0.6 is 0 Å². The number of methoxy groups -OCH3 is 1. The van der Waals surface area contributed by atoms with Gasteiger partial charge in [0.15, 0.2) is 0 Å². The molecule has 2 aromatic rings. The zero-order valence-electron chi connectivity index (χ0n) is 12.4. The Morgan fingerprint density at radius 2 is 1.91 bits per heavy atom. The second kappa shape index (κ2) is 7.44. The van der Waals surface area contributed by atoms with E-state index in [1.807, 2.05) is 12.1 Å². The number of carbonyl (C=O) groups excluding carboxylic acids is 1. The fourth-order valence-corrected chi connectivity index (χ4v) is 1.87. The maximum Gasteiger partial charge on any atom is 0.266 e. The van der Waals surface area contributed by atoms with Crippen LogP contribution in [-0.2, 0) is 4.79 Å². The van der Waals surface area contributed by atoms with Gasteiger partial charge in [0.25, 0.3) is 5.91 Å². The van der Waals surface area contributed by atoms with E-state index in [1.54, 1.807) is 48.5 Å². The topological polar surface area (TPSA) is 85.9 Å². The molecule has 0 aliphatic heterocycles. The summed E-state index contributed by atoms with van der Waals surface area (Å²) in [5, 5.41) is 20.6. The Balaban J connectivity index is 2.19. The fraction of sp³-hybridized carbons (Fsp3) is 0.0556. The van der Waals surface area contributed by atoms with Crippen molar-refractivity contribution in [3.05, 3.63) is 65.2 Å². The largest absolute Gasteiger partial charge is 0.497 e. The number of ether oxygens (including phenoxy) is 1. The zero-order chi connectivity index (χ0) is 16.7. The molecule has 0 fully saturated rings. The van der Waals surface area contributed by atoms with E-state index in [9.17, 15) is 10.1 Å². The summed E-state index contributed by atoms with van der Waals surface area (Å²) < 4.78 is 5.08. The van der Waals surface area contributed by atoms with Crippen molar-refractivity contribution >= 4 is 17.7 Å². The van der Waals surface area contributed by atoms with Crippen LogP contribution in [0.15, 0.2) is 54.1 Å². The van der Waals surface area contributed by atoms with Crippen LogP contribution in [0.25, 0.3) is 6.08 Å². The smallest absolute Gasteiger partial charge is 0.266 e. The van der Waals surface area contributed by atoms with Crippen molar-refractivity contribution in [2.45, 2.75) is 0 Å². The first-order chi connectivity index (χ1) is 11.2. The number of nitriles is 2. The van der Waals surface area contributed by atoms with Crippen LogP contribution in [0, 0.1) is 22.7 Å². The first kappa shape index (κ1) is 15.8. The summed E-state index contributed by atoms with van der Waals surface area (Å²) >= 11 is 0. The molecule has 5 nitrogen and oxygen atoms in total. The summed E-state index contributed by atoms with van der Waals surface area (Å²) in [4.78, 5) is 12.2. The molecule has 0 atom stereocenters. The first-order valence-corrected chi connectivity index (χ1v) is 6.73. The maximum absolute atomic E-state index is 12.2. The summed E-state index contributed by atoms with van der Waals surface area (Å²) in [6.45, 7) is 0. The Hall–Kier alpha value is -3.57. The molecular formula is C18H13N3O2. The van der Waals surface area contributed by atoms with E-state index >= 15 is 0 Å². The Bertz CT molecular complexity index is 825. The first-order valence-electron chi connectivity index (χ1n) is 6.73. The van der Waals surface area contributed by atoms with Gasteiger partial charge in [0.1, 0.15) is 17.4 Å². The molecule has 0 radical (unpaired) electrons. The Morgan fingerprint density at radius 1 is 1.17 bits per heavy atom. The van der Waals surface area contributed by atoms with Crippen LogP contribution in [-0.4, -0.2) is 13.0 Å². The van der Waals surface area contributed by atoms with Gasteiger partial charge in [-0.1, -0.05) is 18.2 Å². The third-order valence-electron chi connectivity index (χ3n) is 3.04. The van der Waals surface area contributed by atoms with Gasteiger partial charge in [-0.05, 0) is 35.9 Å². The number of hydrogen-bond acceptors (Lipinski definition) is 4. The van der Waals surface area contributed by atoms with E-state index in [1.165, 1.54) is 13.2 Å². The van der Waals surface area contributed by atoms with Gasteiger partial charge >= 0.3 is 0 Å². The average Bonchev–Trinajstić information content (AvgIpc) is 2.60. The average molecular weight is 303 g/mol. The molecule has 1 N–H and O–H groups in total. The predicted molar refractivity (Wildman–Crippen MR) is 86.4 cm³/mol. The molecule has 23 heavy (non-hydrogen) atoms. The van der Waals surface area contributed by atoms with Gasteiger partial charge in [-0.3, -0.25) is 4.79 Å². The molecular weight excluding hydrogens is 290 g/mol. The van der Waals surface area contributed by atoms with Gasteiger partial charge < -0.3 is 10.1 Å². The highest BCUT2D eigenvalue weighted by atomic mass is 16.5. The molecule has 0 heterocycles. The number of rotatable bonds is 4. The summed E-state index contributed by atoms with van der Waals surface area (Å²) in [6.07, 6.45) is 1.47. The highest BCUT2D eigenvalue weighted by molar-refractivity contribution is 6.09. The number of hydrogen-bond donors (Lipinski definition) is 1. The van der Waals surface area contributed by atoms with E-state index < -0.39 is 5.91 Å². The molecule has 0 bridgehead atoms. The molecule has 112 valence electrons. The van der Waals surface area contributed by atoms with Gasteiger partial charge in [0, 0.05) is 11.8 Å². The van der Waals surface area contributed by atoms with Crippen LogP contribution in [0.1, 0.15) is 11.1 Å². The summed E-state index contributed by atoms with van der Waals surface area (Å²) in [6, 6.07) is 17.4. The Morgan fingerprint density at radius 3 is 2.52 bits per heavy atom. The second-order valence-corrected chi connectivity index (χ2v) is 4.59. The summed E-state index contributed by atoms with van der Waals surface area (Å²) in [5.41, 5.74) is 1.69. The predicted octanol–water partition coefficient (Wildman–Crippen LogP) is 3.11. The molecule has 0 aliphatic carbocycles. The van der Waals surface area contributed by atoms with E-state index in [4.69, 9.17) is 10.00 Å². The quantitative estimate of drug-likeness (QED) is 0.694. The minimum absolute atomic E-state index is 0.0301. The van der Waals surface area contributed by atoms with Gasteiger partial charge in [0.2, 0.25) is 0 Å². The van der Waals surface area contributed by atoms with Crippen molar-refractivity contribution < 1.29 is 9.53 Å². The third kappa shape index (κ3) is 4.20. The van der Waals surface area contributed by atoms with Gasteiger partial charge in [-0.15, -0.1) is 0 Å². The standard InChI is InChI=1S/C18H13N3O2/c1-23-17-4-2-3-16(10-17)21-18(22)15(12-20)9-13-5-7-14(11-19)8-6-13/h2-10H,1H3,(H,21,22). The van der Waals surface area contributed by atoms with Crippen molar-refractivity contribution in [1.29, 1.82) is 10.5 Å². The van der Waals surface area contributed by atoms with Crippen LogP contribution < -0.4 is 10.1 Å². The van der Waals surface area contributed by atoms with Gasteiger partial charge in [-0.25, -0.2) is 0 Å². The molecule has 0 aromatic heterocycles. The van der Waals surface area contributed by atoms with Crippen molar-refractivity contribution in [3.63, 3.8) is 0 Å². The zero-order valence-corrected chi connectivity index (χ0v) is 12.4. The molecule has 0 spiro atoms. The molecule has 1 amide bonds. The van der Waals surface area contributed by atoms with Gasteiger partial charge in [0.05, 0.1) is 18.7 Å². The van der Waals surface area contributed by atoms with Crippen molar-refractivity contribution in [2.75, 3.05) is 12.4 Å².